The zero-order valence-corrected chi connectivity index (χ0v) is 13.1. The second kappa shape index (κ2) is 6.77. The highest BCUT2D eigenvalue weighted by molar-refractivity contribution is 5.81. The van der Waals surface area contributed by atoms with E-state index < -0.39 is 0 Å². The van der Waals surface area contributed by atoms with Crippen molar-refractivity contribution in [1.29, 1.82) is 0 Å². The van der Waals surface area contributed by atoms with Crippen LogP contribution in [0.4, 0.5) is 0 Å². The van der Waals surface area contributed by atoms with Crippen LogP contribution in [0.2, 0.25) is 0 Å². The van der Waals surface area contributed by atoms with Crippen LogP contribution in [0.25, 0.3) is 11.0 Å². The first-order valence-electron chi connectivity index (χ1n) is 8.07. The third kappa shape index (κ3) is 3.56. The van der Waals surface area contributed by atoms with Crippen LogP contribution in [0.1, 0.15) is 37.7 Å². The fourth-order valence-electron chi connectivity index (χ4n) is 3.03. The number of benzene rings is 1. The number of nitrogens with zero attached hydrogens (tertiary/aromatic N) is 2. The summed E-state index contributed by atoms with van der Waals surface area (Å²) in [4.78, 5) is 16.4. The van der Waals surface area contributed by atoms with Gasteiger partial charge in [0.05, 0.1) is 23.8 Å². The van der Waals surface area contributed by atoms with E-state index in [0.717, 1.165) is 29.6 Å². The minimum atomic E-state index is 0.0895. The van der Waals surface area contributed by atoms with Crippen molar-refractivity contribution in [3.8, 4) is 0 Å². The fourth-order valence-corrected chi connectivity index (χ4v) is 3.03. The number of hydrogen-bond donors (Lipinski definition) is 1. The minimum Gasteiger partial charge on any atom is -0.355 e. The van der Waals surface area contributed by atoms with Gasteiger partial charge in [0.2, 0.25) is 5.91 Å². The number of carbonyl (C=O) groups is 1. The first-order valence-corrected chi connectivity index (χ1v) is 8.07. The van der Waals surface area contributed by atoms with Crippen LogP contribution < -0.4 is 5.32 Å². The van der Waals surface area contributed by atoms with Crippen LogP contribution in [0.5, 0.6) is 0 Å². The molecule has 0 aliphatic heterocycles. The third-order valence-electron chi connectivity index (χ3n) is 4.31. The molecule has 22 heavy (non-hydrogen) atoms. The monoisotopic (exact) mass is 297 g/mol. The maximum atomic E-state index is 12.0. The molecular formula is C18H23N3O. The molecule has 4 heteroatoms. The molecule has 0 bridgehead atoms. The number of amides is 1. The van der Waals surface area contributed by atoms with Crippen LogP contribution in [0.3, 0.4) is 0 Å². The Kier molecular flexibility index (Phi) is 4.56. The maximum absolute atomic E-state index is 12.0. The Labute approximate surface area is 131 Å². The van der Waals surface area contributed by atoms with Crippen LogP contribution in [-0.4, -0.2) is 22.0 Å². The largest absolute Gasteiger partial charge is 0.355 e. The summed E-state index contributed by atoms with van der Waals surface area (Å²) in [5, 5.41) is 3.03. The lowest BCUT2D eigenvalue weighted by atomic mass is 9.97. The van der Waals surface area contributed by atoms with E-state index in [-0.39, 0.29) is 5.91 Å². The lowest BCUT2D eigenvalue weighted by Gasteiger charge is -2.13. The van der Waals surface area contributed by atoms with Crippen LogP contribution in [0, 0.1) is 0 Å². The van der Waals surface area contributed by atoms with Crippen molar-refractivity contribution in [3.63, 3.8) is 0 Å². The predicted molar refractivity (Wildman–Crippen MR) is 88.6 cm³/mol. The average Bonchev–Trinajstić information content (AvgIpc) is 2.89. The molecule has 1 N–H and O–H groups in total. The number of nitrogens with one attached hydrogen (secondary N) is 1. The number of rotatable bonds is 5. The van der Waals surface area contributed by atoms with Crippen molar-refractivity contribution >= 4 is 16.9 Å². The number of fused-ring (bicyclic) bond motifs is 1. The van der Waals surface area contributed by atoms with E-state index in [0.29, 0.717) is 6.42 Å². The van der Waals surface area contributed by atoms with Gasteiger partial charge in [0.25, 0.3) is 0 Å². The summed E-state index contributed by atoms with van der Waals surface area (Å²) in [6.45, 7) is 0.747. The third-order valence-corrected chi connectivity index (χ3v) is 4.31. The molecule has 1 aliphatic rings. The number of aryl methyl sites for hydroxylation is 1. The summed E-state index contributed by atoms with van der Waals surface area (Å²) >= 11 is 0. The van der Waals surface area contributed by atoms with Crippen molar-refractivity contribution in [2.24, 2.45) is 7.05 Å². The van der Waals surface area contributed by atoms with Gasteiger partial charge in [-0.15, -0.1) is 0 Å². The molecule has 0 radical (unpaired) electrons. The molecule has 1 aromatic heterocycles. The second-order valence-electron chi connectivity index (χ2n) is 6.06. The summed E-state index contributed by atoms with van der Waals surface area (Å²) in [5.41, 5.74) is 4.55. The summed E-state index contributed by atoms with van der Waals surface area (Å²) < 4.78 is 1.98. The van der Waals surface area contributed by atoms with Gasteiger partial charge in [-0.25, -0.2) is 4.98 Å². The highest BCUT2D eigenvalue weighted by Gasteiger charge is 2.07. The number of allylic oxidation sites excluding steroid dienone is 1. The SMILES string of the molecule is Cn1cnc2cc(CC(=O)NCCC3=CCCCC3)ccc21. The van der Waals surface area contributed by atoms with Gasteiger partial charge in [-0.05, 0) is 49.8 Å². The van der Waals surface area contributed by atoms with Crippen molar-refractivity contribution in [2.45, 2.75) is 38.5 Å². The first kappa shape index (κ1) is 14.8. The second-order valence-corrected chi connectivity index (χ2v) is 6.06. The predicted octanol–water partition coefficient (Wildman–Crippen LogP) is 3.12. The minimum absolute atomic E-state index is 0.0895. The molecule has 1 aromatic carbocycles. The lowest BCUT2D eigenvalue weighted by molar-refractivity contribution is -0.120. The van der Waals surface area contributed by atoms with Gasteiger partial charge in [0.1, 0.15) is 0 Å². The Bertz CT molecular complexity index is 699. The van der Waals surface area contributed by atoms with E-state index in [1.807, 2.05) is 29.8 Å². The van der Waals surface area contributed by atoms with Crippen molar-refractivity contribution in [1.82, 2.24) is 14.9 Å². The normalized spacial score (nSPS) is 14.9. The highest BCUT2D eigenvalue weighted by Crippen LogP contribution is 2.19. The summed E-state index contributed by atoms with van der Waals surface area (Å²) in [6.07, 6.45) is 10.6. The van der Waals surface area contributed by atoms with Crippen molar-refractivity contribution < 1.29 is 4.79 Å². The molecule has 0 fully saturated rings. The first-order chi connectivity index (χ1) is 10.7. The van der Waals surface area contributed by atoms with Gasteiger partial charge in [-0.3, -0.25) is 4.79 Å². The van der Waals surface area contributed by atoms with Gasteiger partial charge in [0, 0.05) is 13.6 Å². The molecule has 1 heterocycles. The topological polar surface area (TPSA) is 46.9 Å². The van der Waals surface area contributed by atoms with Crippen LogP contribution in [0.15, 0.2) is 36.2 Å². The van der Waals surface area contributed by atoms with Gasteiger partial charge in [-0.1, -0.05) is 17.7 Å². The molecule has 1 aliphatic carbocycles. The molecule has 2 aromatic rings. The molecule has 0 atom stereocenters. The molecule has 3 rings (SSSR count). The van der Waals surface area contributed by atoms with Crippen LogP contribution >= 0.6 is 0 Å². The standard InChI is InChI=1S/C18H23N3O/c1-21-13-20-16-11-15(7-8-17(16)21)12-18(22)19-10-9-14-5-3-2-4-6-14/h5,7-8,11,13H,2-4,6,9-10,12H2,1H3,(H,19,22). The smallest absolute Gasteiger partial charge is 0.224 e. The number of hydrogen-bond acceptors (Lipinski definition) is 2. The molecule has 0 saturated heterocycles. The average molecular weight is 297 g/mol. The molecule has 0 saturated carbocycles. The Morgan fingerprint density at radius 2 is 2.27 bits per heavy atom. The quantitative estimate of drug-likeness (QED) is 0.862. The number of imidazole rings is 1. The molecular weight excluding hydrogens is 274 g/mol. The van der Waals surface area contributed by atoms with E-state index >= 15 is 0 Å². The fraction of sp³-hybridized carbons (Fsp3) is 0.444. The van der Waals surface area contributed by atoms with Crippen LogP contribution in [-0.2, 0) is 18.3 Å². The van der Waals surface area contributed by atoms with Gasteiger partial charge >= 0.3 is 0 Å². The molecule has 1 amide bonds. The Morgan fingerprint density at radius 3 is 3.09 bits per heavy atom. The number of carbonyl (C=O) groups excluding carboxylic acids is 1. The molecule has 4 nitrogen and oxygen atoms in total. The summed E-state index contributed by atoms with van der Waals surface area (Å²) in [7, 11) is 1.97. The van der Waals surface area contributed by atoms with E-state index in [4.69, 9.17) is 0 Å². The van der Waals surface area contributed by atoms with Crippen molar-refractivity contribution in [3.05, 3.63) is 41.7 Å². The van der Waals surface area contributed by atoms with E-state index in [1.54, 1.807) is 6.33 Å². The molecule has 0 unspecified atom stereocenters. The maximum Gasteiger partial charge on any atom is 0.224 e. The Hall–Kier alpha value is -2.10. The Balaban J connectivity index is 1.50. The summed E-state index contributed by atoms with van der Waals surface area (Å²) in [5.74, 6) is 0.0895. The van der Waals surface area contributed by atoms with Gasteiger partial charge in [0.15, 0.2) is 0 Å². The van der Waals surface area contributed by atoms with E-state index in [1.165, 1.54) is 31.3 Å². The Morgan fingerprint density at radius 1 is 1.36 bits per heavy atom. The lowest BCUT2D eigenvalue weighted by Crippen LogP contribution is -2.26. The van der Waals surface area contributed by atoms with Crippen molar-refractivity contribution in [2.75, 3.05) is 6.54 Å². The zero-order chi connectivity index (χ0) is 15.4. The highest BCUT2D eigenvalue weighted by atomic mass is 16.1. The summed E-state index contributed by atoms with van der Waals surface area (Å²) in [6, 6.07) is 6.03. The van der Waals surface area contributed by atoms with E-state index in [2.05, 4.69) is 16.4 Å². The van der Waals surface area contributed by atoms with E-state index in [9.17, 15) is 4.79 Å². The van der Waals surface area contributed by atoms with Gasteiger partial charge < -0.3 is 9.88 Å². The molecule has 0 spiro atoms. The number of aromatic nitrogens is 2. The zero-order valence-electron chi connectivity index (χ0n) is 13.1. The van der Waals surface area contributed by atoms with Gasteiger partial charge in [-0.2, -0.15) is 0 Å². The molecule has 116 valence electrons.